The lowest BCUT2D eigenvalue weighted by Gasteiger charge is -2.09. The number of phenols is 1. The van der Waals surface area contributed by atoms with Gasteiger partial charge >= 0.3 is 0 Å². The zero-order valence-electron chi connectivity index (χ0n) is 8.30. The Labute approximate surface area is 92.2 Å². The topological polar surface area (TPSA) is 41.5 Å². The van der Waals surface area contributed by atoms with Crippen molar-refractivity contribution in [3.63, 3.8) is 0 Å². The smallest absolute Gasteiger partial charge is 0.160 e. The minimum absolute atomic E-state index is 0.152. The number of rotatable bonds is 4. The van der Waals surface area contributed by atoms with Gasteiger partial charge in [-0.05, 0) is 24.2 Å². The number of phenolic OH excluding ortho intramolecular Hbond substituents is 1. The van der Waals surface area contributed by atoms with Crippen LogP contribution < -0.4 is 10.1 Å². The highest BCUT2D eigenvalue weighted by atomic mass is 79.9. The molecule has 0 aliphatic carbocycles. The fourth-order valence-corrected chi connectivity index (χ4v) is 1.62. The molecule has 1 aromatic carbocycles. The van der Waals surface area contributed by atoms with Crippen molar-refractivity contribution in [2.75, 3.05) is 13.7 Å². The molecule has 14 heavy (non-hydrogen) atoms. The largest absolute Gasteiger partial charge is 0.504 e. The molecule has 0 saturated heterocycles. The van der Waals surface area contributed by atoms with E-state index in [2.05, 4.69) is 21.2 Å². The van der Waals surface area contributed by atoms with Gasteiger partial charge in [-0.3, -0.25) is 0 Å². The predicted octanol–water partition coefficient (Wildman–Crippen LogP) is 2.27. The second kappa shape index (κ2) is 5.22. The highest BCUT2D eigenvalue weighted by Gasteiger charge is 2.07. The minimum Gasteiger partial charge on any atom is -0.504 e. The normalized spacial score (nSPS) is 10.2. The van der Waals surface area contributed by atoms with Gasteiger partial charge in [-0.2, -0.15) is 0 Å². The van der Waals surface area contributed by atoms with E-state index in [0.717, 1.165) is 23.1 Å². The molecule has 4 heteroatoms. The van der Waals surface area contributed by atoms with E-state index in [-0.39, 0.29) is 5.75 Å². The highest BCUT2D eigenvalue weighted by Crippen LogP contribution is 2.32. The average molecular weight is 260 g/mol. The molecule has 78 valence electrons. The molecule has 1 aromatic rings. The van der Waals surface area contributed by atoms with E-state index < -0.39 is 0 Å². The molecule has 0 saturated carbocycles. The van der Waals surface area contributed by atoms with Crippen molar-refractivity contribution in [2.24, 2.45) is 0 Å². The third-order valence-corrected chi connectivity index (χ3v) is 2.65. The molecule has 0 aliphatic rings. The van der Waals surface area contributed by atoms with E-state index in [1.165, 1.54) is 0 Å². The Kier molecular flexibility index (Phi) is 4.22. The van der Waals surface area contributed by atoms with Gasteiger partial charge in [-0.1, -0.05) is 22.9 Å². The third kappa shape index (κ3) is 2.62. The second-order valence-corrected chi connectivity index (χ2v) is 3.75. The number of methoxy groups -OCH3 is 1. The predicted molar refractivity (Wildman–Crippen MR) is 59.7 cm³/mol. The summed E-state index contributed by atoms with van der Waals surface area (Å²) in [7, 11) is 1.54. The first kappa shape index (κ1) is 11.3. The number of nitrogens with one attached hydrogen (secondary N) is 1. The van der Waals surface area contributed by atoms with Crippen molar-refractivity contribution >= 4 is 15.9 Å². The first-order valence-corrected chi connectivity index (χ1v) is 5.24. The van der Waals surface area contributed by atoms with Crippen LogP contribution in [0.15, 0.2) is 16.6 Å². The molecule has 0 heterocycles. The quantitative estimate of drug-likeness (QED) is 0.872. The summed E-state index contributed by atoms with van der Waals surface area (Å²) in [6.45, 7) is 3.72. The van der Waals surface area contributed by atoms with E-state index >= 15 is 0 Å². The first-order chi connectivity index (χ1) is 6.69. The maximum absolute atomic E-state index is 9.47. The number of ether oxygens (including phenoxy) is 1. The fourth-order valence-electron chi connectivity index (χ4n) is 1.14. The standard InChI is InChI=1S/C10H14BrNO2/c1-3-12-6-7-4-10(14-2)9(13)5-8(7)11/h4-5,12-13H,3,6H2,1-2H3. The van der Waals surface area contributed by atoms with Crippen LogP contribution in [0.5, 0.6) is 11.5 Å². The third-order valence-electron chi connectivity index (χ3n) is 1.91. The summed E-state index contributed by atoms with van der Waals surface area (Å²) in [4.78, 5) is 0. The zero-order chi connectivity index (χ0) is 10.6. The van der Waals surface area contributed by atoms with Gasteiger partial charge in [0, 0.05) is 11.0 Å². The van der Waals surface area contributed by atoms with Crippen molar-refractivity contribution in [2.45, 2.75) is 13.5 Å². The van der Waals surface area contributed by atoms with Crippen LogP contribution in [0.3, 0.4) is 0 Å². The van der Waals surface area contributed by atoms with Crippen LogP contribution in [0.1, 0.15) is 12.5 Å². The molecule has 0 aromatic heterocycles. The zero-order valence-corrected chi connectivity index (χ0v) is 9.89. The number of halogens is 1. The van der Waals surface area contributed by atoms with Crippen molar-refractivity contribution in [3.8, 4) is 11.5 Å². The van der Waals surface area contributed by atoms with E-state index in [0.29, 0.717) is 5.75 Å². The van der Waals surface area contributed by atoms with E-state index in [9.17, 15) is 5.11 Å². The Morgan fingerprint density at radius 2 is 2.21 bits per heavy atom. The summed E-state index contributed by atoms with van der Waals surface area (Å²) in [5, 5.41) is 12.7. The van der Waals surface area contributed by atoms with Crippen molar-refractivity contribution < 1.29 is 9.84 Å². The number of hydrogen-bond acceptors (Lipinski definition) is 3. The molecule has 0 unspecified atom stereocenters. The lowest BCUT2D eigenvalue weighted by Crippen LogP contribution is -2.12. The second-order valence-electron chi connectivity index (χ2n) is 2.90. The lowest BCUT2D eigenvalue weighted by molar-refractivity contribution is 0.372. The Hall–Kier alpha value is -0.740. The Morgan fingerprint density at radius 3 is 2.79 bits per heavy atom. The van der Waals surface area contributed by atoms with E-state index in [1.807, 2.05) is 13.0 Å². The van der Waals surface area contributed by atoms with Crippen molar-refractivity contribution in [1.82, 2.24) is 5.32 Å². The van der Waals surface area contributed by atoms with Crippen LogP contribution in [0.2, 0.25) is 0 Å². The summed E-state index contributed by atoms with van der Waals surface area (Å²) < 4.78 is 5.91. The fraction of sp³-hybridized carbons (Fsp3) is 0.400. The molecule has 0 aliphatic heterocycles. The molecule has 0 spiro atoms. The summed E-state index contributed by atoms with van der Waals surface area (Å²) in [6, 6.07) is 3.47. The summed E-state index contributed by atoms with van der Waals surface area (Å²) in [5.41, 5.74) is 1.07. The molecule has 0 atom stereocenters. The molecule has 0 radical (unpaired) electrons. The average Bonchev–Trinajstić information content (AvgIpc) is 2.17. The Balaban J connectivity index is 2.92. The first-order valence-electron chi connectivity index (χ1n) is 4.45. The number of benzene rings is 1. The van der Waals surface area contributed by atoms with Crippen LogP contribution in [0.4, 0.5) is 0 Å². The van der Waals surface area contributed by atoms with Crippen LogP contribution in [0, 0.1) is 0 Å². The monoisotopic (exact) mass is 259 g/mol. The van der Waals surface area contributed by atoms with Gasteiger partial charge in [0.05, 0.1) is 7.11 Å². The molecular weight excluding hydrogens is 246 g/mol. The molecule has 3 nitrogen and oxygen atoms in total. The van der Waals surface area contributed by atoms with Gasteiger partial charge in [0.2, 0.25) is 0 Å². The summed E-state index contributed by atoms with van der Waals surface area (Å²) >= 11 is 3.39. The molecule has 1 rings (SSSR count). The summed E-state index contributed by atoms with van der Waals surface area (Å²) in [5.74, 6) is 0.653. The lowest BCUT2D eigenvalue weighted by atomic mass is 10.2. The number of hydrogen-bond donors (Lipinski definition) is 2. The van der Waals surface area contributed by atoms with Crippen LogP contribution in [0.25, 0.3) is 0 Å². The van der Waals surface area contributed by atoms with Gasteiger partial charge in [-0.15, -0.1) is 0 Å². The SMILES string of the molecule is CCNCc1cc(OC)c(O)cc1Br. The number of aromatic hydroxyl groups is 1. The van der Waals surface area contributed by atoms with E-state index in [4.69, 9.17) is 4.74 Å². The Bertz CT molecular complexity index is 315. The maximum atomic E-state index is 9.47. The van der Waals surface area contributed by atoms with Crippen molar-refractivity contribution in [1.29, 1.82) is 0 Å². The molecule has 0 bridgehead atoms. The van der Waals surface area contributed by atoms with Crippen LogP contribution in [-0.4, -0.2) is 18.8 Å². The van der Waals surface area contributed by atoms with Gasteiger partial charge < -0.3 is 15.2 Å². The van der Waals surface area contributed by atoms with Crippen molar-refractivity contribution in [3.05, 3.63) is 22.2 Å². The molecule has 0 amide bonds. The highest BCUT2D eigenvalue weighted by molar-refractivity contribution is 9.10. The summed E-state index contributed by atoms with van der Waals surface area (Å²) in [6.07, 6.45) is 0. The molecular formula is C10H14BrNO2. The minimum atomic E-state index is 0.152. The van der Waals surface area contributed by atoms with Crippen LogP contribution >= 0.6 is 15.9 Å². The Morgan fingerprint density at radius 1 is 1.50 bits per heavy atom. The van der Waals surface area contributed by atoms with Gasteiger partial charge in [-0.25, -0.2) is 0 Å². The van der Waals surface area contributed by atoms with Crippen LogP contribution in [-0.2, 0) is 6.54 Å². The van der Waals surface area contributed by atoms with E-state index in [1.54, 1.807) is 13.2 Å². The van der Waals surface area contributed by atoms with Gasteiger partial charge in [0.15, 0.2) is 11.5 Å². The van der Waals surface area contributed by atoms with Gasteiger partial charge in [0.1, 0.15) is 0 Å². The molecule has 2 N–H and O–H groups in total. The van der Waals surface area contributed by atoms with Gasteiger partial charge in [0.25, 0.3) is 0 Å². The maximum Gasteiger partial charge on any atom is 0.160 e. The molecule has 0 fully saturated rings.